The molecule has 0 spiro atoms. The van der Waals surface area contributed by atoms with Gasteiger partial charge in [-0.1, -0.05) is 11.2 Å². The minimum atomic E-state index is -0.388. The first-order chi connectivity index (χ1) is 13.6. The highest BCUT2D eigenvalue weighted by molar-refractivity contribution is 7.09. The van der Waals surface area contributed by atoms with Crippen molar-refractivity contribution in [2.24, 2.45) is 0 Å². The molecule has 1 aromatic carbocycles. The molecule has 0 fully saturated rings. The number of benzene rings is 1. The Morgan fingerprint density at radius 1 is 1.25 bits per heavy atom. The third kappa shape index (κ3) is 3.70. The highest BCUT2D eigenvalue weighted by Crippen LogP contribution is 2.24. The number of amides is 1. The quantitative estimate of drug-likeness (QED) is 0.539. The minimum Gasteiger partial charge on any atom is -0.351 e. The number of fused-ring (bicyclic) bond motifs is 1. The van der Waals surface area contributed by atoms with Gasteiger partial charge >= 0.3 is 0 Å². The number of carbonyl (C=O) groups excluding carboxylic acids is 1. The Kier molecular flexibility index (Phi) is 4.98. The molecule has 0 radical (unpaired) electrons. The number of carbonyl (C=O) groups is 1. The monoisotopic (exact) mass is 398 g/mol. The van der Waals surface area contributed by atoms with Gasteiger partial charge in [-0.25, -0.2) is 9.37 Å². The van der Waals surface area contributed by atoms with Gasteiger partial charge in [0, 0.05) is 23.4 Å². The molecule has 0 aliphatic heterocycles. The normalized spacial score (nSPS) is 11.0. The maximum absolute atomic E-state index is 13.2. The molecule has 0 saturated carbocycles. The summed E-state index contributed by atoms with van der Waals surface area (Å²) in [5, 5.41) is 8.86. The molecule has 142 valence electrons. The minimum absolute atomic E-state index is 0.0997. The molecule has 1 amide bonds. The summed E-state index contributed by atoms with van der Waals surface area (Å²) >= 11 is 1.56. The van der Waals surface area contributed by atoms with Crippen molar-refractivity contribution in [1.29, 1.82) is 0 Å². The van der Waals surface area contributed by atoms with Gasteiger partial charge in [-0.05, 0) is 35.7 Å². The first-order valence-electron chi connectivity index (χ1n) is 8.51. The molecule has 0 bridgehead atoms. The summed E-state index contributed by atoms with van der Waals surface area (Å²) in [5.41, 5.74) is 0.578. The largest absolute Gasteiger partial charge is 0.351 e. The third-order valence-electron chi connectivity index (χ3n) is 4.20. The Hall–Kier alpha value is -3.33. The van der Waals surface area contributed by atoms with Crippen molar-refractivity contribution in [3.8, 4) is 11.3 Å². The zero-order valence-electron chi connectivity index (χ0n) is 14.6. The highest BCUT2D eigenvalue weighted by atomic mass is 32.1. The van der Waals surface area contributed by atoms with Crippen LogP contribution < -0.4 is 10.9 Å². The molecule has 3 aromatic heterocycles. The molecule has 0 aliphatic rings. The van der Waals surface area contributed by atoms with Crippen molar-refractivity contribution in [3.63, 3.8) is 0 Å². The number of nitrogens with one attached hydrogen (secondary N) is 1. The lowest BCUT2D eigenvalue weighted by atomic mass is 10.1. The fourth-order valence-corrected chi connectivity index (χ4v) is 3.40. The Morgan fingerprint density at radius 2 is 2.07 bits per heavy atom. The summed E-state index contributed by atoms with van der Waals surface area (Å²) < 4.78 is 19.6. The predicted octanol–water partition coefficient (Wildman–Crippen LogP) is 2.96. The van der Waals surface area contributed by atoms with Crippen LogP contribution in [-0.4, -0.2) is 20.6 Å². The van der Waals surface area contributed by atoms with Gasteiger partial charge in [0.15, 0.2) is 0 Å². The van der Waals surface area contributed by atoms with Crippen molar-refractivity contribution in [2.75, 3.05) is 0 Å². The van der Waals surface area contributed by atoms with Gasteiger partial charge in [0.1, 0.15) is 23.2 Å². The van der Waals surface area contributed by atoms with Gasteiger partial charge in [-0.3, -0.25) is 14.2 Å². The van der Waals surface area contributed by atoms with Crippen molar-refractivity contribution in [2.45, 2.75) is 19.5 Å². The SMILES string of the molecule is O=C(CCn1cnc2onc(-c3ccc(F)cc3)c2c1=O)NCc1cccs1. The summed E-state index contributed by atoms with van der Waals surface area (Å²) in [5.74, 6) is -0.551. The van der Waals surface area contributed by atoms with Crippen molar-refractivity contribution < 1.29 is 13.7 Å². The van der Waals surface area contributed by atoms with Gasteiger partial charge in [0.05, 0.1) is 6.54 Å². The first kappa shape index (κ1) is 18.1. The summed E-state index contributed by atoms with van der Waals surface area (Å²) in [7, 11) is 0. The van der Waals surface area contributed by atoms with Crippen LogP contribution in [0.2, 0.25) is 0 Å². The van der Waals surface area contributed by atoms with Crippen LogP contribution in [0.1, 0.15) is 11.3 Å². The van der Waals surface area contributed by atoms with Gasteiger partial charge in [0.2, 0.25) is 5.91 Å². The third-order valence-corrected chi connectivity index (χ3v) is 5.08. The lowest BCUT2D eigenvalue weighted by Crippen LogP contribution is -2.27. The average molecular weight is 398 g/mol. The van der Waals surface area contributed by atoms with Crippen molar-refractivity contribution >= 4 is 28.3 Å². The number of aromatic nitrogens is 3. The number of halogens is 1. The van der Waals surface area contributed by atoms with Gasteiger partial charge in [0.25, 0.3) is 11.3 Å². The molecule has 9 heteroatoms. The molecule has 28 heavy (non-hydrogen) atoms. The molecule has 0 atom stereocenters. The molecular weight excluding hydrogens is 383 g/mol. The van der Waals surface area contributed by atoms with Gasteiger partial charge in [-0.15, -0.1) is 11.3 Å². The van der Waals surface area contributed by atoms with Crippen LogP contribution in [-0.2, 0) is 17.9 Å². The van der Waals surface area contributed by atoms with E-state index in [-0.39, 0.29) is 41.3 Å². The standard InChI is InChI=1S/C19H15FN4O3S/c20-13-5-3-12(4-6-13)17-16-18(27-23-17)22-11-24(19(16)26)8-7-15(25)21-10-14-2-1-9-28-14/h1-6,9,11H,7-8,10H2,(H,21,25). The van der Waals surface area contributed by atoms with Crippen LogP contribution in [0.25, 0.3) is 22.4 Å². The molecule has 3 heterocycles. The van der Waals surface area contributed by atoms with Crippen LogP contribution in [0.5, 0.6) is 0 Å². The van der Waals surface area contributed by atoms with Crippen LogP contribution in [0, 0.1) is 5.82 Å². The van der Waals surface area contributed by atoms with Crippen LogP contribution in [0.15, 0.2) is 57.4 Å². The molecular formula is C19H15FN4O3S. The fourth-order valence-electron chi connectivity index (χ4n) is 2.75. The van der Waals surface area contributed by atoms with E-state index >= 15 is 0 Å². The highest BCUT2D eigenvalue weighted by Gasteiger charge is 2.17. The molecule has 0 unspecified atom stereocenters. The second kappa shape index (κ2) is 7.73. The van der Waals surface area contributed by atoms with E-state index in [0.717, 1.165) is 4.88 Å². The smallest absolute Gasteiger partial charge is 0.266 e. The molecule has 4 rings (SSSR count). The number of aryl methyl sites for hydroxylation is 1. The van der Waals surface area contributed by atoms with E-state index in [1.165, 1.54) is 35.2 Å². The van der Waals surface area contributed by atoms with E-state index < -0.39 is 0 Å². The maximum atomic E-state index is 13.2. The number of thiophene rings is 1. The molecule has 1 N–H and O–H groups in total. The second-order valence-electron chi connectivity index (χ2n) is 6.07. The van der Waals surface area contributed by atoms with E-state index in [1.807, 2.05) is 17.5 Å². The Balaban J connectivity index is 1.52. The number of rotatable bonds is 6. The van der Waals surface area contributed by atoms with Gasteiger partial charge in [-0.2, -0.15) is 0 Å². The van der Waals surface area contributed by atoms with Crippen LogP contribution in [0.4, 0.5) is 4.39 Å². The summed E-state index contributed by atoms with van der Waals surface area (Å²) in [6.07, 6.45) is 1.46. The molecule has 0 saturated heterocycles. The van der Waals surface area contributed by atoms with Crippen LogP contribution >= 0.6 is 11.3 Å². The maximum Gasteiger partial charge on any atom is 0.266 e. The lowest BCUT2D eigenvalue weighted by molar-refractivity contribution is -0.121. The zero-order valence-corrected chi connectivity index (χ0v) is 15.4. The topological polar surface area (TPSA) is 90.0 Å². The van der Waals surface area contributed by atoms with Crippen molar-refractivity contribution in [3.05, 3.63) is 69.2 Å². The second-order valence-corrected chi connectivity index (χ2v) is 7.10. The Bertz CT molecular complexity index is 1170. The average Bonchev–Trinajstić information content (AvgIpc) is 3.36. The summed E-state index contributed by atoms with van der Waals surface area (Å²) in [6, 6.07) is 9.45. The number of hydrogen-bond acceptors (Lipinski definition) is 6. The van der Waals surface area contributed by atoms with E-state index in [0.29, 0.717) is 17.8 Å². The van der Waals surface area contributed by atoms with E-state index in [4.69, 9.17) is 4.52 Å². The first-order valence-corrected chi connectivity index (χ1v) is 9.39. The number of nitrogens with zero attached hydrogens (tertiary/aromatic N) is 3. The van der Waals surface area contributed by atoms with Gasteiger partial charge < -0.3 is 9.84 Å². The Morgan fingerprint density at radius 3 is 2.82 bits per heavy atom. The summed E-state index contributed by atoms with van der Waals surface area (Å²) in [4.78, 5) is 30.0. The van der Waals surface area contributed by atoms with E-state index in [9.17, 15) is 14.0 Å². The van der Waals surface area contributed by atoms with Crippen LogP contribution in [0.3, 0.4) is 0 Å². The Labute approximate surface area is 162 Å². The molecule has 0 aliphatic carbocycles. The van der Waals surface area contributed by atoms with Crippen molar-refractivity contribution in [1.82, 2.24) is 20.0 Å². The number of hydrogen-bond donors (Lipinski definition) is 1. The van der Waals surface area contributed by atoms with E-state index in [2.05, 4.69) is 15.5 Å². The zero-order chi connectivity index (χ0) is 19.5. The van der Waals surface area contributed by atoms with E-state index in [1.54, 1.807) is 11.3 Å². The molecule has 7 nitrogen and oxygen atoms in total. The lowest BCUT2D eigenvalue weighted by Gasteiger charge is -2.06. The molecule has 4 aromatic rings. The predicted molar refractivity (Wildman–Crippen MR) is 102 cm³/mol. The summed E-state index contributed by atoms with van der Waals surface area (Å²) in [6.45, 7) is 0.634. The fraction of sp³-hybridized carbons (Fsp3) is 0.158.